The van der Waals surface area contributed by atoms with E-state index in [1.807, 2.05) is 0 Å². The molecule has 2 nitrogen and oxygen atoms in total. The second kappa shape index (κ2) is 4.33. The van der Waals surface area contributed by atoms with Crippen LogP contribution in [0.5, 0.6) is 0 Å². The highest BCUT2D eigenvalue weighted by Gasteiger charge is 2.40. The second-order valence-electron chi connectivity index (χ2n) is 3.93. The fourth-order valence-corrected chi connectivity index (χ4v) is 2.11. The smallest absolute Gasteiger partial charge is 0.267 e. The van der Waals surface area contributed by atoms with Crippen LogP contribution in [0.15, 0.2) is 22.7 Å². The quantitative estimate of drug-likeness (QED) is 0.781. The lowest BCUT2D eigenvalue weighted by molar-refractivity contribution is 0.0119. The number of hydrogen-bond acceptors (Lipinski definition) is 1. The van der Waals surface area contributed by atoms with E-state index in [2.05, 4.69) is 15.9 Å². The van der Waals surface area contributed by atoms with E-state index in [-0.39, 0.29) is 23.0 Å². The summed E-state index contributed by atoms with van der Waals surface area (Å²) in [6.07, 6.45) is -0.367. The van der Waals surface area contributed by atoms with Crippen molar-refractivity contribution in [3.63, 3.8) is 0 Å². The van der Waals surface area contributed by atoms with Crippen LogP contribution in [0.4, 0.5) is 13.2 Å². The van der Waals surface area contributed by atoms with Gasteiger partial charge in [0.1, 0.15) is 5.82 Å². The van der Waals surface area contributed by atoms with Gasteiger partial charge in [-0.25, -0.2) is 13.2 Å². The SMILES string of the molecule is O=C(c1cccc(Br)c1F)N1CCC(F)(F)C1. The Morgan fingerprint density at radius 1 is 1.41 bits per heavy atom. The summed E-state index contributed by atoms with van der Waals surface area (Å²) >= 11 is 2.95. The predicted molar refractivity (Wildman–Crippen MR) is 59.6 cm³/mol. The van der Waals surface area contributed by atoms with Crippen molar-refractivity contribution in [3.8, 4) is 0 Å². The molecule has 0 spiro atoms. The molecule has 1 saturated heterocycles. The third-order valence-corrected chi connectivity index (χ3v) is 3.25. The van der Waals surface area contributed by atoms with E-state index in [4.69, 9.17) is 0 Å². The summed E-state index contributed by atoms with van der Waals surface area (Å²) in [5.74, 6) is -4.27. The van der Waals surface area contributed by atoms with Gasteiger partial charge in [0.2, 0.25) is 0 Å². The number of benzene rings is 1. The van der Waals surface area contributed by atoms with E-state index in [9.17, 15) is 18.0 Å². The summed E-state index contributed by atoms with van der Waals surface area (Å²) < 4.78 is 39.7. The van der Waals surface area contributed by atoms with Crippen molar-refractivity contribution < 1.29 is 18.0 Å². The Hall–Kier alpha value is -1.04. The van der Waals surface area contributed by atoms with Crippen molar-refractivity contribution in [2.24, 2.45) is 0 Å². The van der Waals surface area contributed by atoms with Gasteiger partial charge in [0.25, 0.3) is 11.8 Å². The molecule has 0 bridgehead atoms. The third kappa shape index (κ3) is 2.46. The first-order valence-electron chi connectivity index (χ1n) is 5.02. The average molecular weight is 308 g/mol. The molecule has 17 heavy (non-hydrogen) atoms. The number of rotatable bonds is 1. The maximum Gasteiger partial charge on any atom is 0.267 e. The molecule has 1 heterocycles. The van der Waals surface area contributed by atoms with Crippen LogP contribution in [0.25, 0.3) is 0 Å². The first-order valence-corrected chi connectivity index (χ1v) is 5.81. The van der Waals surface area contributed by atoms with Gasteiger partial charge in [-0.2, -0.15) is 0 Å². The molecule has 92 valence electrons. The van der Waals surface area contributed by atoms with Gasteiger partial charge in [-0.3, -0.25) is 4.79 Å². The van der Waals surface area contributed by atoms with Crippen molar-refractivity contribution in [2.75, 3.05) is 13.1 Å². The molecule has 0 saturated carbocycles. The van der Waals surface area contributed by atoms with E-state index in [0.29, 0.717) is 0 Å². The van der Waals surface area contributed by atoms with Gasteiger partial charge >= 0.3 is 0 Å². The van der Waals surface area contributed by atoms with Crippen LogP contribution in [-0.4, -0.2) is 29.8 Å². The minimum atomic E-state index is -2.86. The Balaban J connectivity index is 2.24. The number of amides is 1. The molecule has 0 aromatic heterocycles. The molecule has 0 atom stereocenters. The molecule has 6 heteroatoms. The summed E-state index contributed by atoms with van der Waals surface area (Å²) in [5, 5.41) is 0. The Morgan fingerprint density at radius 2 is 2.12 bits per heavy atom. The monoisotopic (exact) mass is 307 g/mol. The molecule has 1 aromatic rings. The zero-order chi connectivity index (χ0) is 12.6. The largest absolute Gasteiger partial charge is 0.332 e. The van der Waals surface area contributed by atoms with Gasteiger partial charge < -0.3 is 4.90 Å². The zero-order valence-electron chi connectivity index (χ0n) is 8.72. The number of hydrogen-bond donors (Lipinski definition) is 0. The molecule has 0 radical (unpaired) electrons. The van der Waals surface area contributed by atoms with E-state index in [1.54, 1.807) is 0 Å². The zero-order valence-corrected chi connectivity index (χ0v) is 10.3. The molecule has 0 unspecified atom stereocenters. The molecular formula is C11H9BrF3NO. The molecular weight excluding hydrogens is 299 g/mol. The summed E-state index contributed by atoms with van der Waals surface area (Å²) in [4.78, 5) is 12.8. The standard InChI is InChI=1S/C11H9BrF3NO/c12-8-3-1-2-7(9(8)13)10(17)16-5-4-11(14,15)6-16/h1-3H,4-6H2. The molecule has 1 aromatic carbocycles. The number of halogens is 4. The van der Waals surface area contributed by atoms with Gasteiger partial charge in [0.15, 0.2) is 0 Å². The predicted octanol–water partition coefficient (Wildman–Crippen LogP) is 3.07. The van der Waals surface area contributed by atoms with Crippen LogP contribution >= 0.6 is 15.9 Å². The molecule has 0 aliphatic carbocycles. The highest BCUT2D eigenvalue weighted by Crippen LogP contribution is 2.29. The van der Waals surface area contributed by atoms with Crippen molar-refractivity contribution in [3.05, 3.63) is 34.1 Å². The lowest BCUT2D eigenvalue weighted by Gasteiger charge is -2.16. The highest BCUT2D eigenvalue weighted by atomic mass is 79.9. The molecule has 2 rings (SSSR count). The second-order valence-corrected chi connectivity index (χ2v) is 4.79. The van der Waals surface area contributed by atoms with Crippen molar-refractivity contribution in [1.82, 2.24) is 4.90 Å². The van der Waals surface area contributed by atoms with Crippen LogP contribution < -0.4 is 0 Å². The van der Waals surface area contributed by atoms with Crippen molar-refractivity contribution in [1.29, 1.82) is 0 Å². The third-order valence-electron chi connectivity index (χ3n) is 2.64. The van der Waals surface area contributed by atoms with Crippen LogP contribution in [-0.2, 0) is 0 Å². The first kappa shape index (κ1) is 12.4. The van der Waals surface area contributed by atoms with E-state index < -0.39 is 24.2 Å². The van der Waals surface area contributed by atoms with Crippen LogP contribution in [0.1, 0.15) is 16.8 Å². The number of alkyl halides is 2. The summed E-state index contributed by atoms with van der Waals surface area (Å²) in [5.41, 5.74) is -0.183. The summed E-state index contributed by atoms with van der Waals surface area (Å²) in [6, 6.07) is 4.23. The fraction of sp³-hybridized carbons (Fsp3) is 0.364. The molecule has 1 aliphatic rings. The highest BCUT2D eigenvalue weighted by molar-refractivity contribution is 9.10. The lowest BCUT2D eigenvalue weighted by Crippen LogP contribution is -2.32. The maximum absolute atomic E-state index is 13.6. The van der Waals surface area contributed by atoms with E-state index in [1.165, 1.54) is 18.2 Å². The lowest BCUT2D eigenvalue weighted by atomic mass is 10.2. The number of nitrogens with zero attached hydrogens (tertiary/aromatic N) is 1. The van der Waals surface area contributed by atoms with E-state index >= 15 is 0 Å². The molecule has 1 amide bonds. The van der Waals surface area contributed by atoms with Crippen molar-refractivity contribution in [2.45, 2.75) is 12.3 Å². The van der Waals surface area contributed by atoms with E-state index in [0.717, 1.165) is 4.90 Å². The first-order chi connectivity index (χ1) is 7.91. The average Bonchev–Trinajstić information content (AvgIpc) is 2.62. The Morgan fingerprint density at radius 3 is 2.71 bits per heavy atom. The van der Waals surface area contributed by atoms with Crippen molar-refractivity contribution >= 4 is 21.8 Å². The fourth-order valence-electron chi connectivity index (χ4n) is 1.75. The topological polar surface area (TPSA) is 20.3 Å². The number of carbonyl (C=O) groups excluding carboxylic acids is 1. The number of likely N-dealkylation sites (tertiary alicyclic amines) is 1. The Bertz CT molecular complexity index is 464. The minimum Gasteiger partial charge on any atom is -0.332 e. The normalized spacial score (nSPS) is 18.5. The Labute approximate surface area is 105 Å². The molecule has 0 N–H and O–H groups in total. The molecule has 1 aliphatic heterocycles. The van der Waals surface area contributed by atoms with Gasteiger partial charge in [-0.15, -0.1) is 0 Å². The van der Waals surface area contributed by atoms with Gasteiger partial charge in [-0.05, 0) is 28.1 Å². The van der Waals surface area contributed by atoms with Crippen LogP contribution in [0.3, 0.4) is 0 Å². The van der Waals surface area contributed by atoms with Gasteiger partial charge in [0.05, 0.1) is 16.6 Å². The van der Waals surface area contributed by atoms with Crippen LogP contribution in [0.2, 0.25) is 0 Å². The minimum absolute atomic E-state index is 0.0439. The number of carbonyl (C=O) groups is 1. The molecule has 1 fully saturated rings. The Kier molecular flexibility index (Phi) is 3.16. The maximum atomic E-state index is 13.6. The van der Waals surface area contributed by atoms with Crippen LogP contribution in [0, 0.1) is 5.82 Å². The van der Waals surface area contributed by atoms with Gasteiger partial charge in [0, 0.05) is 13.0 Å². The summed E-state index contributed by atoms with van der Waals surface area (Å²) in [7, 11) is 0. The van der Waals surface area contributed by atoms with Gasteiger partial charge in [-0.1, -0.05) is 6.07 Å². The summed E-state index contributed by atoms with van der Waals surface area (Å²) in [6.45, 7) is -0.685.